The molecule has 0 radical (unpaired) electrons. The summed E-state index contributed by atoms with van der Waals surface area (Å²) in [5.41, 5.74) is 0. The van der Waals surface area contributed by atoms with Gasteiger partial charge in [-0.05, 0) is 16.8 Å². The first-order valence-corrected chi connectivity index (χ1v) is 5.83. The molecule has 0 heterocycles. The van der Waals surface area contributed by atoms with Gasteiger partial charge in [0, 0.05) is 41.5 Å². The van der Waals surface area contributed by atoms with Crippen LogP contribution in [0.1, 0.15) is 26.2 Å². The summed E-state index contributed by atoms with van der Waals surface area (Å²) in [7, 11) is 0. The van der Waals surface area contributed by atoms with Gasteiger partial charge in [0.25, 0.3) is 5.91 Å². The molecule has 0 aliphatic carbocycles. The van der Waals surface area contributed by atoms with Crippen LogP contribution >= 0.6 is 22.6 Å². The van der Waals surface area contributed by atoms with Crippen LogP contribution in [0.3, 0.4) is 0 Å². The van der Waals surface area contributed by atoms with Crippen molar-refractivity contribution in [1.82, 2.24) is 5.32 Å². The first-order chi connectivity index (χ1) is 7.20. The first-order valence-electron chi connectivity index (χ1n) is 4.75. The Bertz CT molecular complexity index is 268. The largest absolute Gasteiger partial charge is 0.466 e. The van der Waals surface area contributed by atoms with Crippen molar-refractivity contribution in [2.45, 2.75) is 26.2 Å². The van der Waals surface area contributed by atoms with Gasteiger partial charge in [-0.1, -0.05) is 6.92 Å². The molecule has 1 amide bonds. The number of ether oxygens (including phenoxy) is 1. The minimum atomic E-state index is -0.314. The van der Waals surface area contributed by atoms with Gasteiger partial charge in [-0.3, -0.25) is 9.59 Å². The van der Waals surface area contributed by atoms with E-state index in [-0.39, 0.29) is 11.9 Å². The third-order valence-corrected chi connectivity index (χ3v) is 1.74. The average molecular weight is 323 g/mol. The Morgan fingerprint density at radius 3 is 2.80 bits per heavy atom. The summed E-state index contributed by atoms with van der Waals surface area (Å²) in [5.74, 6) is 1.81. The average Bonchev–Trinajstić information content (AvgIpc) is 2.22. The summed E-state index contributed by atoms with van der Waals surface area (Å²) in [6, 6.07) is 0. The third-order valence-electron chi connectivity index (χ3n) is 1.47. The Morgan fingerprint density at radius 1 is 1.47 bits per heavy atom. The topological polar surface area (TPSA) is 55.4 Å². The molecule has 0 saturated carbocycles. The van der Waals surface area contributed by atoms with Gasteiger partial charge in [-0.25, -0.2) is 0 Å². The van der Waals surface area contributed by atoms with Gasteiger partial charge in [0.2, 0.25) is 0 Å². The fourth-order valence-corrected chi connectivity index (χ4v) is 1.05. The monoisotopic (exact) mass is 323 g/mol. The predicted octanol–water partition coefficient (Wildman–Crippen LogP) is 1.23. The quantitative estimate of drug-likeness (QED) is 0.346. The SMILES string of the molecule is CCCOC(=O)CCCNC(=O)C#CI. The van der Waals surface area contributed by atoms with E-state index in [0.717, 1.165) is 6.42 Å². The molecule has 1 N–H and O–H groups in total. The zero-order valence-electron chi connectivity index (χ0n) is 8.64. The number of nitrogens with one attached hydrogen (secondary N) is 1. The first kappa shape index (κ1) is 14.2. The summed E-state index contributed by atoms with van der Waals surface area (Å²) in [6.45, 7) is 2.85. The highest BCUT2D eigenvalue weighted by atomic mass is 127. The number of amides is 1. The summed E-state index contributed by atoms with van der Waals surface area (Å²) in [6.07, 6.45) is 1.74. The van der Waals surface area contributed by atoms with Crippen molar-refractivity contribution in [3.05, 3.63) is 0 Å². The van der Waals surface area contributed by atoms with Gasteiger partial charge in [0.05, 0.1) is 6.61 Å². The van der Waals surface area contributed by atoms with E-state index in [4.69, 9.17) is 4.74 Å². The fourth-order valence-electron chi connectivity index (χ4n) is 0.810. The summed E-state index contributed by atoms with van der Waals surface area (Å²) < 4.78 is 7.33. The summed E-state index contributed by atoms with van der Waals surface area (Å²) in [4.78, 5) is 21.9. The van der Waals surface area contributed by atoms with E-state index < -0.39 is 0 Å². The van der Waals surface area contributed by atoms with E-state index in [1.54, 1.807) is 22.6 Å². The smallest absolute Gasteiger partial charge is 0.305 e. The minimum Gasteiger partial charge on any atom is -0.466 e. The Hall–Kier alpha value is -0.770. The zero-order valence-corrected chi connectivity index (χ0v) is 10.8. The molecule has 0 aliphatic rings. The molecule has 0 unspecified atom stereocenters. The second-order valence-electron chi connectivity index (χ2n) is 2.80. The van der Waals surface area contributed by atoms with E-state index in [9.17, 15) is 9.59 Å². The molecule has 0 aromatic carbocycles. The molecule has 0 saturated heterocycles. The Labute approximate surface area is 103 Å². The van der Waals surface area contributed by atoms with Crippen molar-refractivity contribution in [1.29, 1.82) is 0 Å². The molecule has 0 spiro atoms. The van der Waals surface area contributed by atoms with Gasteiger partial charge in [-0.15, -0.1) is 0 Å². The van der Waals surface area contributed by atoms with Crippen LogP contribution in [0.4, 0.5) is 0 Å². The molecule has 0 atom stereocenters. The van der Waals surface area contributed by atoms with E-state index in [0.29, 0.717) is 26.0 Å². The highest BCUT2D eigenvalue weighted by Crippen LogP contribution is 1.92. The third kappa shape index (κ3) is 9.53. The zero-order chi connectivity index (χ0) is 11.5. The lowest BCUT2D eigenvalue weighted by atomic mass is 10.3. The second-order valence-corrected chi connectivity index (χ2v) is 3.34. The van der Waals surface area contributed by atoms with Crippen LogP contribution in [-0.2, 0) is 14.3 Å². The highest BCUT2D eigenvalue weighted by Gasteiger charge is 2.01. The number of halogens is 1. The van der Waals surface area contributed by atoms with Crippen LogP contribution in [0.5, 0.6) is 0 Å². The predicted molar refractivity (Wildman–Crippen MR) is 65.3 cm³/mol. The molecule has 0 rings (SSSR count). The van der Waals surface area contributed by atoms with Crippen LogP contribution in [0.2, 0.25) is 0 Å². The van der Waals surface area contributed by atoms with Crippen molar-refractivity contribution in [3.8, 4) is 9.85 Å². The van der Waals surface area contributed by atoms with Crippen molar-refractivity contribution in [2.75, 3.05) is 13.2 Å². The molecule has 5 heteroatoms. The molecule has 0 aromatic rings. The van der Waals surface area contributed by atoms with E-state index >= 15 is 0 Å². The Balaban J connectivity index is 3.40. The molecule has 0 fully saturated rings. The summed E-state index contributed by atoms with van der Waals surface area (Å²) >= 11 is 1.79. The summed E-state index contributed by atoms with van der Waals surface area (Å²) in [5, 5.41) is 2.57. The van der Waals surface area contributed by atoms with Crippen LogP contribution in [0.15, 0.2) is 0 Å². The van der Waals surface area contributed by atoms with Gasteiger partial charge >= 0.3 is 5.97 Å². The highest BCUT2D eigenvalue weighted by molar-refractivity contribution is 14.1. The standard InChI is InChI=1S/C10H14INO3/c1-2-8-15-10(14)4-3-7-12-9(13)5-6-11/h2-4,7-8H2,1H3,(H,12,13). The van der Waals surface area contributed by atoms with Gasteiger partial charge < -0.3 is 10.1 Å². The van der Waals surface area contributed by atoms with Gasteiger partial charge in [0.15, 0.2) is 0 Å². The molecule has 15 heavy (non-hydrogen) atoms. The number of hydrogen-bond acceptors (Lipinski definition) is 3. The lowest BCUT2D eigenvalue weighted by Gasteiger charge is -2.02. The van der Waals surface area contributed by atoms with Crippen LogP contribution in [-0.4, -0.2) is 25.0 Å². The van der Waals surface area contributed by atoms with Crippen molar-refractivity contribution < 1.29 is 14.3 Å². The molecule has 0 aromatic heterocycles. The van der Waals surface area contributed by atoms with Crippen LogP contribution in [0.25, 0.3) is 0 Å². The normalized spacial score (nSPS) is 8.67. The van der Waals surface area contributed by atoms with Crippen LogP contribution in [0, 0.1) is 9.85 Å². The number of hydrogen-bond donors (Lipinski definition) is 1. The van der Waals surface area contributed by atoms with E-state index in [2.05, 4.69) is 15.2 Å². The van der Waals surface area contributed by atoms with Crippen molar-refractivity contribution in [2.24, 2.45) is 0 Å². The fraction of sp³-hybridized carbons (Fsp3) is 0.600. The Kier molecular flexibility index (Phi) is 9.27. The number of esters is 1. The van der Waals surface area contributed by atoms with E-state index in [1.165, 1.54) is 0 Å². The molecular formula is C10H14INO3. The minimum absolute atomic E-state index is 0.217. The van der Waals surface area contributed by atoms with Crippen LogP contribution < -0.4 is 5.32 Å². The maximum atomic E-state index is 11.0. The molecule has 0 aliphatic heterocycles. The number of carbonyl (C=O) groups is 2. The Morgan fingerprint density at radius 2 is 2.20 bits per heavy atom. The van der Waals surface area contributed by atoms with Gasteiger partial charge in [0.1, 0.15) is 0 Å². The molecule has 84 valence electrons. The van der Waals surface area contributed by atoms with Crippen molar-refractivity contribution in [3.63, 3.8) is 0 Å². The van der Waals surface area contributed by atoms with Crippen molar-refractivity contribution >= 4 is 34.5 Å². The molecule has 4 nitrogen and oxygen atoms in total. The second kappa shape index (κ2) is 9.77. The molecule has 0 bridgehead atoms. The van der Waals surface area contributed by atoms with E-state index in [1.807, 2.05) is 6.92 Å². The lowest BCUT2D eigenvalue weighted by Crippen LogP contribution is -2.23. The molecular weight excluding hydrogens is 309 g/mol. The number of rotatable bonds is 6. The lowest BCUT2D eigenvalue weighted by molar-refractivity contribution is -0.143. The number of carbonyl (C=O) groups excluding carboxylic acids is 2. The maximum absolute atomic E-state index is 11.0. The maximum Gasteiger partial charge on any atom is 0.305 e. The van der Waals surface area contributed by atoms with Gasteiger partial charge in [-0.2, -0.15) is 0 Å².